The van der Waals surface area contributed by atoms with Gasteiger partial charge in [0.05, 0.1) is 0 Å². The van der Waals surface area contributed by atoms with Gasteiger partial charge >= 0.3 is 6.09 Å². The monoisotopic (exact) mass is 326 g/mol. The molecule has 0 saturated heterocycles. The third kappa shape index (κ3) is 3.79. The molecule has 0 atom stereocenters. The van der Waals surface area contributed by atoms with Gasteiger partial charge in [-0.2, -0.15) is 0 Å². The molecule has 2 heterocycles. The summed E-state index contributed by atoms with van der Waals surface area (Å²) in [6.07, 6.45) is 3.70. The minimum absolute atomic E-state index is 0.251. The second-order valence-corrected chi connectivity index (χ2v) is 5.81. The number of hydrogen-bond donors (Lipinski definition) is 0. The number of aryl methyl sites for hydroxylation is 1. The van der Waals surface area contributed by atoms with Crippen molar-refractivity contribution in [1.82, 2.24) is 9.88 Å². The van der Waals surface area contributed by atoms with E-state index in [-0.39, 0.29) is 18.5 Å². The maximum absolute atomic E-state index is 14.0. The maximum Gasteiger partial charge on any atom is 0.410 e. The van der Waals surface area contributed by atoms with E-state index in [1.54, 1.807) is 18.0 Å². The molecular weight excluding hydrogens is 307 g/mol. The Labute approximate surface area is 140 Å². The van der Waals surface area contributed by atoms with Gasteiger partial charge in [-0.25, -0.2) is 9.18 Å². The Hall–Kier alpha value is -2.69. The van der Waals surface area contributed by atoms with E-state index in [0.29, 0.717) is 25.2 Å². The van der Waals surface area contributed by atoms with E-state index < -0.39 is 0 Å². The third-order valence-corrected chi connectivity index (χ3v) is 3.95. The van der Waals surface area contributed by atoms with Crippen molar-refractivity contribution in [3.8, 4) is 0 Å². The predicted octanol–water partition coefficient (Wildman–Crippen LogP) is 3.96. The number of hydrogen-bond acceptors (Lipinski definition) is 3. The summed E-state index contributed by atoms with van der Waals surface area (Å²) < 4.78 is 19.3. The quantitative estimate of drug-likeness (QED) is 0.857. The lowest BCUT2D eigenvalue weighted by atomic mass is 10.0. The number of nitrogens with zero attached hydrogens (tertiary/aromatic N) is 2. The van der Waals surface area contributed by atoms with Gasteiger partial charge in [0, 0.05) is 19.3 Å². The van der Waals surface area contributed by atoms with Gasteiger partial charge in [0.25, 0.3) is 0 Å². The van der Waals surface area contributed by atoms with Crippen LogP contribution in [-0.2, 0) is 11.3 Å². The van der Waals surface area contributed by atoms with Crippen molar-refractivity contribution < 1.29 is 13.9 Å². The zero-order valence-corrected chi connectivity index (χ0v) is 13.5. The van der Waals surface area contributed by atoms with Crippen molar-refractivity contribution >= 4 is 11.7 Å². The van der Waals surface area contributed by atoms with Gasteiger partial charge in [-0.05, 0) is 36.1 Å². The Bertz CT molecular complexity index is 759. The molecule has 0 aliphatic carbocycles. The van der Waals surface area contributed by atoms with Crippen molar-refractivity contribution in [1.29, 1.82) is 0 Å². The lowest BCUT2D eigenvalue weighted by molar-refractivity contribution is 0.0998. The van der Waals surface area contributed by atoms with E-state index in [4.69, 9.17) is 4.74 Å². The zero-order valence-electron chi connectivity index (χ0n) is 13.5. The van der Waals surface area contributed by atoms with Crippen LogP contribution in [0.3, 0.4) is 0 Å². The minimum Gasteiger partial charge on any atom is -0.445 e. The molecule has 0 fully saturated rings. The predicted molar refractivity (Wildman–Crippen MR) is 89.7 cm³/mol. The minimum atomic E-state index is -0.355. The summed E-state index contributed by atoms with van der Waals surface area (Å²) in [6.45, 7) is 2.95. The fraction of sp³-hybridized carbons (Fsp3) is 0.263. The number of benzene rings is 1. The van der Waals surface area contributed by atoms with Gasteiger partial charge in [0.1, 0.15) is 18.1 Å². The molecule has 0 spiro atoms. The topological polar surface area (TPSA) is 42.4 Å². The van der Waals surface area contributed by atoms with E-state index in [0.717, 1.165) is 16.7 Å². The number of amides is 1. The number of pyridine rings is 1. The third-order valence-electron chi connectivity index (χ3n) is 3.95. The molecule has 0 radical (unpaired) electrons. The van der Waals surface area contributed by atoms with Gasteiger partial charge < -0.3 is 9.64 Å². The molecule has 5 heteroatoms. The summed E-state index contributed by atoms with van der Waals surface area (Å²) in [5.41, 5.74) is 2.95. The zero-order chi connectivity index (χ0) is 16.9. The standard InChI is InChI=1S/C19H19FN2O2/c1-14-11-17(20)18(21-12-14)16-7-9-22(10-8-16)19(23)24-13-15-5-3-2-4-6-15/h2-7,11-12H,8-10,13H2,1H3. The van der Waals surface area contributed by atoms with Crippen LogP contribution < -0.4 is 0 Å². The summed E-state index contributed by atoms with van der Waals surface area (Å²) in [5.74, 6) is -0.318. The molecule has 1 aliphatic rings. The van der Waals surface area contributed by atoms with Crippen LogP contribution >= 0.6 is 0 Å². The van der Waals surface area contributed by atoms with Crippen LogP contribution in [0.2, 0.25) is 0 Å². The normalized spacial score (nSPS) is 14.2. The largest absolute Gasteiger partial charge is 0.445 e. The highest BCUT2D eigenvalue weighted by molar-refractivity contribution is 5.71. The number of aromatic nitrogens is 1. The molecule has 1 aromatic heterocycles. The Kier molecular flexibility index (Phi) is 4.89. The number of rotatable bonds is 3. The van der Waals surface area contributed by atoms with Crippen molar-refractivity contribution in [2.75, 3.05) is 13.1 Å². The summed E-state index contributed by atoms with van der Waals surface area (Å²) >= 11 is 0. The SMILES string of the molecule is Cc1cnc(C2=CCN(C(=O)OCc3ccccc3)CC2)c(F)c1. The fourth-order valence-electron chi connectivity index (χ4n) is 2.63. The Morgan fingerprint density at radius 2 is 2.12 bits per heavy atom. The van der Waals surface area contributed by atoms with Gasteiger partial charge in [-0.3, -0.25) is 4.98 Å². The molecule has 0 saturated carbocycles. The van der Waals surface area contributed by atoms with Gasteiger partial charge in [0.15, 0.2) is 0 Å². The molecule has 4 nitrogen and oxygen atoms in total. The first-order valence-corrected chi connectivity index (χ1v) is 7.90. The number of carbonyl (C=O) groups is 1. The highest BCUT2D eigenvalue weighted by Crippen LogP contribution is 2.23. The summed E-state index contributed by atoms with van der Waals surface area (Å²) in [7, 11) is 0. The van der Waals surface area contributed by atoms with Crippen molar-refractivity contribution in [2.24, 2.45) is 0 Å². The lowest BCUT2D eigenvalue weighted by Crippen LogP contribution is -2.35. The number of ether oxygens (including phenoxy) is 1. The van der Waals surface area contributed by atoms with E-state index in [1.165, 1.54) is 6.07 Å². The lowest BCUT2D eigenvalue weighted by Gasteiger charge is -2.25. The van der Waals surface area contributed by atoms with Crippen LogP contribution in [0.25, 0.3) is 5.57 Å². The summed E-state index contributed by atoms with van der Waals surface area (Å²) in [5, 5.41) is 0. The molecule has 24 heavy (non-hydrogen) atoms. The van der Waals surface area contributed by atoms with Crippen LogP contribution in [0.4, 0.5) is 9.18 Å². The first-order valence-electron chi connectivity index (χ1n) is 7.90. The van der Waals surface area contributed by atoms with E-state index in [1.807, 2.05) is 36.4 Å². The second-order valence-electron chi connectivity index (χ2n) is 5.81. The molecule has 3 rings (SSSR count). The number of halogens is 1. The molecule has 1 aromatic carbocycles. The van der Waals surface area contributed by atoms with Gasteiger partial charge in [-0.1, -0.05) is 36.4 Å². The summed E-state index contributed by atoms with van der Waals surface area (Å²) in [6, 6.07) is 11.0. The highest BCUT2D eigenvalue weighted by atomic mass is 19.1. The molecule has 1 aliphatic heterocycles. The molecule has 0 bridgehead atoms. The Morgan fingerprint density at radius 3 is 2.79 bits per heavy atom. The Balaban J connectivity index is 1.59. The average molecular weight is 326 g/mol. The van der Waals surface area contributed by atoms with E-state index >= 15 is 0 Å². The smallest absolute Gasteiger partial charge is 0.410 e. The van der Waals surface area contributed by atoms with Crippen LogP contribution in [0.5, 0.6) is 0 Å². The number of carbonyl (C=O) groups excluding carboxylic acids is 1. The molecule has 124 valence electrons. The first-order chi connectivity index (χ1) is 11.6. The fourth-order valence-corrected chi connectivity index (χ4v) is 2.63. The second kappa shape index (κ2) is 7.25. The molecular formula is C19H19FN2O2. The van der Waals surface area contributed by atoms with Crippen molar-refractivity contribution in [3.05, 3.63) is 71.3 Å². The molecule has 0 N–H and O–H groups in total. The van der Waals surface area contributed by atoms with Crippen LogP contribution in [-0.4, -0.2) is 29.1 Å². The van der Waals surface area contributed by atoms with Gasteiger partial charge in [0.2, 0.25) is 0 Å². The van der Waals surface area contributed by atoms with Gasteiger partial charge in [-0.15, -0.1) is 0 Å². The van der Waals surface area contributed by atoms with E-state index in [9.17, 15) is 9.18 Å². The van der Waals surface area contributed by atoms with Crippen LogP contribution in [0.1, 0.15) is 23.2 Å². The maximum atomic E-state index is 14.0. The van der Waals surface area contributed by atoms with Crippen LogP contribution in [0, 0.1) is 12.7 Å². The molecule has 2 aromatic rings. The Morgan fingerprint density at radius 1 is 1.33 bits per heavy atom. The highest BCUT2D eigenvalue weighted by Gasteiger charge is 2.21. The average Bonchev–Trinajstić information content (AvgIpc) is 2.61. The van der Waals surface area contributed by atoms with E-state index in [2.05, 4.69) is 4.98 Å². The van der Waals surface area contributed by atoms with Crippen molar-refractivity contribution in [3.63, 3.8) is 0 Å². The van der Waals surface area contributed by atoms with Crippen LogP contribution in [0.15, 0.2) is 48.7 Å². The summed E-state index contributed by atoms with van der Waals surface area (Å²) in [4.78, 5) is 17.9. The molecule has 1 amide bonds. The molecule has 0 unspecified atom stereocenters. The van der Waals surface area contributed by atoms with Crippen molar-refractivity contribution in [2.45, 2.75) is 20.0 Å². The first kappa shape index (κ1) is 16.2.